The minimum absolute atomic E-state index is 0.321. The predicted molar refractivity (Wildman–Crippen MR) is 186 cm³/mol. The second-order valence-electron chi connectivity index (χ2n) is 14.5. The Morgan fingerprint density at radius 3 is 1.36 bits per heavy atom. The van der Waals surface area contributed by atoms with Gasteiger partial charge >= 0.3 is 5.97 Å². The molecule has 0 aromatic rings. The fourth-order valence-corrected chi connectivity index (χ4v) is 8.34. The van der Waals surface area contributed by atoms with E-state index in [2.05, 4.69) is 38.2 Å². The molecule has 44 heavy (non-hydrogen) atoms. The van der Waals surface area contributed by atoms with Crippen molar-refractivity contribution in [2.75, 3.05) is 0 Å². The van der Waals surface area contributed by atoms with Crippen LogP contribution in [0.5, 0.6) is 0 Å². The number of hydrogen-bond acceptors (Lipinski definition) is 3. The van der Waals surface area contributed by atoms with E-state index in [1.807, 2.05) is 0 Å². The summed E-state index contributed by atoms with van der Waals surface area (Å²) in [5.41, 5.74) is 0. The first kappa shape index (κ1) is 39.1. The number of allylic oxidation sites excluding steroid dienone is 4. The number of fused-ring (bicyclic) bond motifs is 1. The zero-order valence-electron chi connectivity index (χ0n) is 29.0. The van der Waals surface area contributed by atoms with Crippen LogP contribution >= 0.6 is 0 Å². The summed E-state index contributed by atoms with van der Waals surface area (Å²) >= 11 is 0. The molecule has 2 aliphatic carbocycles. The number of unbranched alkanes of at least 4 members (excludes halogenated alkanes) is 16. The van der Waals surface area contributed by atoms with Crippen molar-refractivity contribution in [3.63, 3.8) is 0 Å². The topological polar surface area (TPSA) is 77.8 Å². The van der Waals surface area contributed by atoms with E-state index in [1.165, 1.54) is 128 Å². The molecule has 0 fully saturated rings. The lowest BCUT2D eigenvalue weighted by Crippen LogP contribution is -2.39. The summed E-state index contributed by atoms with van der Waals surface area (Å²) in [7, 11) is 0. The smallest absolute Gasteiger partial charge is 0.303 e. The number of aliphatic carboxylic acids is 1. The number of hydrogen-bond donors (Lipinski definition) is 3. The molecule has 2 rings (SSSR count). The van der Waals surface area contributed by atoms with Gasteiger partial charge in [-0.15, -0.1) is 0 Å². The first-order valence-corrected chi connectivity index (χ1v) is 19.4. The fourth-order valence-electron chi connectivity index (χ4n) is 8.34. The molecular formula is C40H72O4. The Labute approximate surface area is 272 Å². The van der Waals surface area contributed by atoms with E-state index in [0.29, 0.717) is 12.8 Å². The molecule has 0 spiro atoms. The molecule has 0 saturated carbocycles. The van der Waals surface area contributed by atoms with Gasteiger partial charge in [0.2, 0.25) is 0 Å². The largest absolute Gasteiger partial charge is 0.481 e. The zero-order chi connectivity index (χ0) is 31.8. The fraction of sp³-hybridized carbons (Fsp3) is 0.875. The zero-order valence-corrected chi connectivity index (χ0v) is 29.0. The maximum absolute atomic E-state index is 10.8. The van der Waals surface area contributed by atoms with Crippen LogP contribution in [-0.2, 0) is 4.79 Å². The van der Waals surface area contributed by atoms with Gasteiger partial charge in [0.15, 0.2) is 6.29 Å². The molecule has 4 nitrogen and oxygen atoms in total. The van der Waals surface area contributed by atoms with Crippen molar-refractivity contribution in [1.82, 2.24) is 0 Å². The molecule has 0 bridgehead atoms. The average Bonchev–Trinajstić information content (AvgIpc) is 3.00. The SMILES string of the molecule is CCCCCC1C=CC2C(C=CC(CCCCCCCCCC(O)O)C2CCCCCCCCCC(=O)O)C1CCCCC. The molecule has 0 aliphatic heterocycles. The molecule has 4 heteroatoms. The first-order chi connectivity index (χ1) is 21.5. The Kier molecular flexibility index (Phi) is 22.2. The normalized spacial score (nSPS) is 24.7. The number of aliphatic hydroxyl groups excluding tert-OH is 1. The van der Waals surface area contributed by atoms with E-state index in [4.69, 9.17) is 15.3 Å². The number of carbonyl (C=O) groups is 1. The van der Waals surface area contributed by atoms with Gasteiger partial charge in [-0.1, -0.05) is 154 Å². The van der Waals surface area contributed by atoms with Crippen LogP contribution in [0, 0.1) is 35.5 Å². The molecule has 3 N–H and O–H groups in total. The van der Waals surface area contributed by atoms with Gasteiger partial charge in [-0.2, -0.15) is 0 Å². The lowest BCUT2D eigenvalue weighted by atomic mass is 9.58. The van der Waals surface area contributed by atoms with Crippen molar-refractivity contribution in [3.05, 3.63) is 24.3 Å². The summed E-state index contributed by atoms with van der Waals surface area (Å²) in [6.45, 7) is 4.66. The third-order valence-corrected chi connectivity index (χ3v) is 10.9. The molecule has 6 atom stereocenters. The molecule has 0 aromatic carbocycles. The molecular weight excluding hydrogens is 544 g/mol. The maximum Gasteiger partial charge on any atom is 0.303 e. The van der Waals surface area contributed by atoms with Gasteiger partial charge in [-0.05, 0) is 80.5 Å². The van der Waals surface area contributed by atoms with Crippen molar-refractivity contribution in [1.29, 1.82) is 0 Å². The molecule has 0 aromatic heterocycles. The second-order valence-corrected chi connectivity index (χ2v) is 14.5. The molecule has 0 heterocycles. The van der Waals surface area contributed by atoms with E-state index in [9.17, 15) is 4.79 Å². The van der Waals surface area contributed by atoms with Gasteiger partial charge in [0, 0.05) is 6.42 Å². The van der Waals surface area contributed by atoms with Gasteiger partial charge in [0.1, 0.15) is 0 Å². The van der Waals surface area contributed by atoms with E-state index in [0.717, 1.165) is 61.2 Å². The van der Waals surface area contributed by atoms with Crippen LogP contribution in [0.3, 0.4) is 0 Å². The van der Waals surface area contributed by atoms with Crippen molar-refractivity contribution in [3.8, 4) is 0 Å². The molecule has 0 amide bonds. The van der Waals surface area contributed by atoms with Crippen LogP contribution in [0.2, 0.25) is 0 Å². The van der Waals surface area contributed by atoms with Gasteiger partial charge in [0.25, 0.3) is 0 Å². The van der Waals surface area contributed by atoms with Crippen molar-refractivity contribution in [2.24, 2.45) is 35.5 Å². The Morgan fingerprint density at radius 1 is 0.523 bits per heavy atom. The molecule has 0 radical (unpaired) electrons. The second kappa shape index (κ2) is 25.0. The summed E-state index contributed by atoms with van der Waals surface area (Å²) in [6, 6.07) is 0. The van der Waals surface area contributed by atoms with Crippen LogP contribution in [0.4, 0.5) is 0 Å². The first-order valence-electron chi connectivity index (χ1n) is 19.4. The Hall–Kier alpha value is -1.13. The van der Waals surface area contributed by atoms with Crippen LogP contribution in [-0.4, -0.2) is 27.6 Å². The van der Waals surface area contributed by atoms with Crippen LogP contribution in [0.1, 0.15) is 181 Å². The van der Waals surface area contributed by atoms with Gasteiger partial charge in [0.05, 0.1) is 0 Å². The van der Waals surface area contributed by atoms with E-state index < -0.39 is 12.3 Å². The number of rotatable bonds is 28. The minimum atomic E-state index is -1.14. The van der Waals surface area contributed by atoms with E-state index in [-0.39, 0.29) is 0 Å². The summed E-state index contributed by atoms with van der Waals surface area (Å²) in [4.78, 5) is 10.8. The lowest BCUT2D eigenvalue weighted by Gasteiger charge is -2.46. The number of carboxylic acid groups (broad SMARTS) is 1. The van der Waals surface area contributed by atoms with Crippen molar-refractivity contribution >= 4 is 5.97 Å². The molecule has 0 saturated heterocycles. The average molecular weight is 617 g/mol. The van der Waals surface area contributed by atoms with E-state index in [1.54, 1.807) is 0 Å². The summed E-state index contributed by atoms with van der Waals surface area (Å²) in [6.07, 6.45) is 40.8. The van der Waals surface area contributed by atoms with Crippen LogP contribution in [0.15, 0.2) is 24.3 Å². The van der Waals surface area contributed by atoms with Crippen molar-refractivity contribution in [2.45, 2.75) is 187 Å². The highest BCUT2D eigenvalue weighted by atomic mass is 16.5. The highest BCUT2D eigenvalue weighted by Crippen LogP contribution is 2.50. The summed E-state index contributed by atoms with van der Waals surface area (Å²) in [5.74, 6) is 3.89. The molecule has 6 unspecified atom stereocenters. The Morgan fingerprint density at radius 2 is 0.909 bits per heavy atom. The highest BCUT2D eigenvalue weighted by Gasteiger charge is 2.41. The number of aliphatic hydroxyl groups is 2. The van der Waals surface area contributed by atoms with Gasteiger partial charge in [-0.25, -0.2) is 0 Å². The summed E-state index contributed by atoms with van der Waals surface area (Å²) in [5, 5.41) is 26.9. The quantitative estimate of drug-likeness (QED) is 0.0464. The van der Waals surface area contributed by atoms with Crippen molar-refractivity contribution < 1.29 is 20.1 Å². The molecule has 256 valence electrons. The monoisotopic (exact) mass is 617 g/mol. The van der Waals surface area contributed by atoms with E-state index >= 15 is 0 Å². The number of carboxylic acids is 1. The lowest BCUT2D eigenvalue weighted by molar-refractivity contribution is -0.137. The Bertz CT molecular complexity index is 758. The van der Waals surface area contributed by atoms with Gasteiger partial charge in [-0.3, -0.25) is 4.79 Å². The minimum Gasteiger partial charge on any atom is -0.481 e. The third-order valence-electron chi connectivity index (χ3n) is 10.9. The summed E-state index contributed by atoms with van der Waals surface area (Å²) < 4.78 is 0. The third kappa shape index (κ3) is 16.4. The van der Waals surface area contributed by atoms with Crippen LogP contribution < -0.4 is 0 Å². The Balaban J connectivity index is 1.94. The highest BCUT2D eigenvalue weighted by molar-refractivity contribution is 5.66. The maximum atomic E-state index is 10.8. The standard InChI is InChI=1S/C40H72O4/c1-3-5-17-23-33-29-31-38-36(26-20-14-10-8-12-16-22-28-40(43)44)34(30-32-37(38)35(33)25-18-6-4-2)24-19-13-9-7-11-15-21-27-39(41)42/h29-39,41-42H,3-28H2,1-2H3,(H,43,44). The predicted octanol–water partition coefficient (Wildman–Crippen LogP) is 11.4. The van der Waals surface area contributed by atoms with Crippen LogP contribution in [0.25, 0.3) is 0 Å². The van der Waals surface area contributed by atoms with Gasteiger partial charge < -0.3 is 15.3 Å². The molecule has 2 aliphatic rings.